The fourth-order valence-electron chi connectivity index (χ4n) is 2.47. The number of ether oxygens (including phenoxy) is 2. The van der Waals surface area contributed by atoms with Crippen molar-refractivity contribution in [2.45, 2.75) is 24.3 Å². The summed E-state index contributed by atoms with van der Waals surface area (Å²) in [6.45, 7) is 5.44. The highest BCUT2D eigenvalue weighted by Crippen LogP contribution is 2.37. The second-order valence-corrected chi connectivity index (χ2v) is 7.58. The summed E-state index contributed by atoms with van der Waals surface area (Å²) in [5.41, 5.74) is 0.726. The maximum atomic E-state index is 12.6. The Balaban J connectivity index is 1.85. The van der Waals surface area contributed by atoms with E-state index in [0.29, 0.717) is 0 Å². The summed E-state index contributed by atoms with van der Waals surface area (Å²) in [6.07, 6.45) is 1.76. The van der Waals surface area contributed by atoms with Gasteiger partial charge in [0.25, 0.3) is 15.8 Å². The monoisotopic (exact) mass is 403 g/mol. The van der Waals surface area contributed by atoms with Crippen LogP contribution in [-0.4, -0.2) is 19.4 Å². The van der Waals surface area contributed by atoms with E-state index in [1.807, 2.05) is 6.92 Å². The van der Waals surface area contributed by atoms with E-state index in [9.17, 15) is 18.5 Å². The van der Waals surface area contributed by atoms with Crippen molar-refractivity contribution in [2.75, 3.05) is 0 Å². The molecule has 1 atom stereocenters. The van der Waals surface area contributed by atoms with Gasteiger partial charge in [0.1, 0.15) is 12.4 Å². The molecule has 1 aliphatic heterocycles. The fraction of sp³-hybridized carbons (Fsp3) is 0.158. The number of aryl methyl sites for hydroxylation is 1. The zero-order valence-electron chi connectivity index (χ0n) is 14.9. The number of nitro groups is 1. The van der Waals surface area contributed by atoms with Crippen LogP contribution in [0, 0.1) is 17.0 Å². The molecule has 0 amide bonds. The molecule has 9 heteroatoms. The highest BCUT2D eigenvalue weighted by Gasteiger charge is 2.29. The topological polar surface area (TPSA) is 105 Å². The highest BCUT2D eigenvalue weighted by atomic mass is 32.2. The molecule has 0 spiro atoms. The predicted molar refractivity (Wildman–Crippen MR) is 100 cm³/mol. The van der Waals surface area contributed by atoms with E-state index < -0.39 is 21.1 Å². The number of non-ortho nitro benzene ring substituents is 1. The minimum absolute atomic E-state index is 0.000489. The van der Waals surface area contributed by atoms with Gasteiger partial charge in [0, 0.05) is 12.5 Å². The van der Waals surface area contributed by atoms with E-state index in [2.05, 4.69) is 6.58 Å². The molecule has 0 saturated heterocycles. The average Bonchev–Trinajstić information content (AvgIpc) is 2.67. The van der Waals surface area contributed by atoms with Crippen LogP contribution in [0.5, 0.6) is 11.5 Å². The molecule has 0 saturated carbocycles. The molecule has 0 aromatic heterocycles. The lowest BCUT2D eigenvalue weighted by atomic mass is 10.2. The van der Waals surface area contributed by atoms with Gasteiger partial charge in [0.2, 0.25) is 0 Å². The third kappa shape index (κ3) is 4.21. The summed E-state index contributed by atoms with van der Waals surface area (Å²) >= 11 is 0. The van der Waals surface area contributed by atoms with E-state index in [4.69, 9.17) is 13.7 Å². The molecule has 0 bridgehead atoms. The second kappa shape index (κ2) is 7.83. The van der Waals surface area contributed by atoms with Crippen LogP contribution < -0.4 is 9.47 Å². The van der Waals surface area contributed by atoms with Crippen LogP contribution in [-0.2, 0) is 14.3 Å². The number of nitro benzene ring substituents is 1. The van der Waals surface area contributed by atoms with Crippen LogP contribution in [0.15, 0.2) is 72.0 Å². The SMILES string of the molecule is C=CC[C@@H](OS(=O)(=O)c1ccc(C)cc1)C1=COc2ccc([N+](=O)[O-])cc2O1. The summed E-state index contributed by atoms with van der Waals surface area (Å²) < 4.78 is 41.6. The Labute approximate surface area is 161 Å². The Morgan fingerprint density at radius 2 is 1.93 bits per heavy atom. The van der Waals surface area contributed by atoms with Gasteiger partial charge < -0.3 is 9.47 Å². The van der Waals surface area contributed by atoms with Crippen molar-refractivity contribution in [1.29, 1.82) is 0 Å². The fourth-order valence-corrected chi connectivity index (χ4v) is 3.53. The maximum absolute atomic E-state index is 12.6. The number of benzene rings is 2. The Bertz CT molecular complexity index is 1040. The molecule has 8 nitrogen and oxygen atoms in total. The van der Waals surface area contributed by atoms with Crippen LogP contribution in [0.25, 0.3) is 0 Å². The maximum Gasteiger partial charge on any atom is 0.297 e. The molecule has 3 rings (SSSR count). The number of hydrogen-bond donors (Lipinski definition) is 0. The van der Waals surface area contributed by atoms with Gasteiger partial charge in [-0.05, 0) is 25.1 Å². The van der Waals surface area contributed by atoms with Crippen LogP contribution in [0.3, 0.4) is 0 Å². The summed E-state index contributed by atoms with van der Waals surface area (Å²) in [5, 5.41) is 11.0. The Morgan fingerprint density at radius 3 is 2.57 bits per heavy atom. The molecule has 1 heterocycles. The van der Waals surface area contributed by atoms with Gasteiger partial charge >= 0.3 is 0 Å². The first kappa shape index (κ1) is 19.6. The minimum Gasteiger partial charge on any atom is -0.457 e. The molecule has 146 valence electrons. The third-order valence-electron chi connectivity index (χ3n) is 3.92. The third-order valence-corrected chi connectivity index (χ3v) is 5.25. The van der Waals surface area contributed by atoms with Crippen LogP contribution >= 0.6 is 0 Å². The highest BCUT2D eigenvalue weighted by molar-refractivity contribution is 7.86. The molecule has 0 N–H and O–H groups in total. The normalized spacial score (nSPS) is 14.1. The van der Waals surface area contributed by atoms with E-state index >= 15 is 0 Å². The van der Waals surface area contributed by atoms with Crippen molar-refractivity contribution in [1.82, 2.24) is 0 Å². The van der Waals surface area contributed by atoms with Gasteiger partial charge in [0.05, 0.1) is 15.9 Å². The second-order valence-electron chi connectivity index (χ2n) is 6.00. The van der Waals surface area contributed by atoms with Crippen LogP contribution in [0.1, 0.15) is 12.0 Å². The summed E-state index contributed by atoms with van der Waals surface area (Å²) in [4.78, 5) is 10.4. The van der Waals surface area contributed by atoms with Gasteiger partial charge in [-0.3, -0.25) is 14.3 Å². The molecule has 28 heavy (non-hydrogen) atoms. The van der Waals surface area contributed by atoms with E-state index in [1.54, 1.807) is 12.1 Å². The summed E-state index contributed by atoms with van der Waals surface area (Å²) in [7, 11) is -4.08. The van der Waals surface area contributed by atoms with Gasteiger partial charge in [0.15, 0.2) is 17.3 Å². The van der Waals surface area contributed by atoms with E-state index in [-0.39, 0.29) is 34.3 Å². The zero-order valence-corrected chi connectivity index (χ0v) is 15.7. The van der Waals surface area contributed by atoms with Gasteiger partial charge in [-0.15, -0.1) is 6.58 Å². The van der Waals surface area contributed by atoms with Gasteiger partial charge in [-0.2, -0.15) is 8.42 Å². The number of fused-ring (bicyclic) bond motifs is 1. The van der Waals surface area contributed by atoms with Crippen molar-refractivity contribution < 1.29 is 27.0 Å². The van der Waals surface area contributed by atoms with Crippen LogP contribution in [0.4, 0.5) is 5.69 Å². The largest absolute Gasteiger partial charge is 0.457 e. The first-order valence-corrected chi connectivity index (χ1v) is 9.65. The Morgan fingerprint density at radius 1 is 1.21 bits per heavy atom. The Hall–Kier alpha value is -3.17. The van der Waals surface area contributed by atoms with Gasteiger partial charge in [-0.25, -0.2) is 0 Å². The van der Waals surface area contributed by atoms with E-state index in [1.165, 1.54) is 42.7 Å². The molecule has 0 radical (unpaired) electrons. The van der Waals surface area contributed by atoms with Crippen molar-refractivity contribution in [3.63, 3.8) is 0 Å². The lowest BCUT2D eigenvalue weighted by Gasteiger charge is -2.23. The lowest BCUT2D eigenvalue weighted by molar-refractivity contribution is -0.385. The lowest BCUT2D eigenvalue weighted by Crippen LogP contribution is -2.25. The molecule has 2 aromatic carbocycles. The molecular weight excluding hydrogens is 386 g/mol. The first-order chi connectivity index (χ1) is 13.3. The van der Waals surface area contributed by atoms with Crippen molar-refractivity contribution in [3.05, 3.63) is 82.8 Å². The molecule has 0 fully saturated rings. The Kier molecular flexibility index (Phi) is 5.48. The van der Waals surface area contributed by atoms with Crippen molar-refractivity contribution >= 4 is 15.8 Å². The molecule has 2 aromatic rings. The van der Waals surface area contributed by atoms with Crippen molar-refractivity contribution in [3.8, 4) is 11.5 Å². The molecule has 0 aliphatic carbocycles. The predicted octanol–water partition coefficient (Wildman–Crippen LogP) is 3.87. The molecular formula is C19H17NO7S. The minimum atomic E-state index is -4.08. The molecule has 1 aliphatic rings. The standard InChI is InChI=1S/C19H17NO7S/c1-3-4-17(27-28(23,24)15-8-5-13(2)6-9-15)19-12-25-16-10-7-14(20(21)22)11-18(16)26-19/h3,5-12,17H,1,4H2,2H3/t17-/m1/s1. The van der Waals surface area contributed by atoms with Crippen molar-refractivity contribution in [2.24, 2.45) is 0 Å². The quantitative estimate of drug-likeness (QED) is 0.299. The summed E-state index contributed by atoms with van der Waals surface area (Å²) in [6, 6.07) is 10.1. The zero-order chi connectivity index (χ0) is 20.3. The first-order valence-electron chi connectivity index (χ1n) is 8.24. The molecule has 0 unspecified atom stereocenters. The number of hydrogen-bond acceptors (Lipinski definition) is 7. The number of rotatable bonds is 7. The number of nitrogens with zero attached hydrogens (tertiary/aromatic N) is 1. The average molecular weight is 403 g/mol. The van der Waals surface area contributed by atoms with E-state index in [0.717, 1.165) is 5.56 Å². The smallest absolute Gasteiger partial charge is 0.297 e. The summed E-state index contributed by atoms with van der Waals surface area (Å²) in [5.74, 6) is 0.425. The van der Waals surface area contributed by atoms with Crippen LogP contribution in [0.2, 0.25) is 0 Å². The van der Waals surface area contributed by atoms with Gasteiger partial charge in [-0.1, -0.05) is 23.8 Å².